The van der Waals surface area contributed by atoms with E-state index in [1.54, 1.807) is 19.1 Å². The fourth-order valence-electron chi connectivity index (χ4n) is 6.14. The zero-order chi connectivity index (χ0) is 36.2. The zero-order valence-corrected chi connectivity index (χ0v) is 29.3. The molecule has 1 unspecified atom stereocenters. The van der Waals surface area contributed by atoms with Crippen molar-refractivity contribution >= 4 is 19.9 Å². The quantitative estimate of drug-likeness (QED) is 0.180. The summed E-state index contributed by atoms with van der Waals surface area (Å²) >= 11 is 0. The van der Waals surface area contributed by atoms with Crippen molar-refractivity contribution in [1.82, 2.24) is 9.62 Å². The molecule has 2 saturated heterocycles. The van der Waals surface area contributed by atoms with E-state index in [9.17, 15) is 30.7 Å². The highest BCUT2D eigenvalue weighted by Gasteiger charge is 2.46. The number of nitrogens with zero attached hydrogens (tertiary/aromatic N) is 1. The summed E-state index contributed by atoms with van der Waals surface area (Å²) in [5.41, 5.74) is 7.78. The lowest BCUT2D eigenvalue weighted by atomic mass is 9.88. The Morgan fingerprint density at radius 2 is 1.74 bits per heavy atom. The molecule has 2 heterocycles. The summed E-state index contributed by atoms with van der Waals surface area (Å²) in [7, 11) is -9.03. The zero-order valence-electron chi connectivity index (χ0n) is 27.6. The van der Waals surface area contributed by atoms with Gasteiger partial charge in [-0.1, -0.05) is 36.4 Å². The van der Waals surface area contributed by atoms with Gasteiger partial charge >= 0.3 is 5.25 Å². The number of halogens is 2. The number of ether oxygens (including phenoxy) is 3. The number of aliphatic hydroxyl groups is 2. The Morgan fingerprint density at radius 1 is 1.04 bits per heavy atom. The monoisotopic (exact) mass is 739 g/mol. The van der Waals surface area contributed by atoms with Crippen molar-refractivity contribution in [3.05, 3.63) is 72.3 Å². The van der Waals surface area contributed by atoms with Gasteiger partial charge in [0.05, 0.1) is 23.7 Å². The lowest BCUT2D eigenvalue weighted by Gasteiger charge is -2.38. The summed E-state index contributed by atoms with van der Waals surface area (Å²) in [6, 6.07) is 17.2. The molecule has 16 heteroatoms. The van der Waals surface area contributed by atoms with Crippen LogP contribution in [0.1, 0.15) is 31.7 Å². The number of nitrogens with one attached hydrogen (secondary N) is 1. The first kappa shape index (κ1) is 38.0. The molecule has 0 aliphatic carbocycles. The van der Waals surface area contributed by atoms with Gasteiger partial charge in [-0.15, -0.1) is 0 Å². The van der Waals surface area contributed by atoms with Gasteiger partial charge in [0.2, 0.25) is 19.9 Å². The van der Waals surface area contributed by atoms with Crippen LogP contribution in [0.3, 0.4) is 0 Å². The van der Waals surface area contributed by atoms with Crippen LogP contribution >= 0.6 is 0 Å². The van der Waals surface area contributed by atoms with Crippen LogP contribution in [0.5, 0.6) is 11.5 Å². The van der Waals surface area contributed by atoms with Crippen LogP contribution in [0.2, 0.25) is 0 Å². The van der Waals surface area contributed by atoms with Crippen molar-refractivity contribution in [2.45, 2.75) is 65.5 Å². The van der Waals surface area contributed by atoms with Crippen molar-refractivity contribution in [2.24, 2.45) is 5.73 Å². The number of benzene rings is 3. The van der Waals surface area contributed by atoms with Gasteiger partial charge < -0.3 is 35.5 Å². The van der Waals surface area contributed by atoms with Crippen molar-refractivity contribution in [2.75, 3.05) is 46.1 Å². The first-order valence-corrected chi connectivity index (χ1v) is 19.2. The topological polar surface area (TPSA) is 178 Å². The van der Waals surface area contributed by atoms with Crippen LogP contribution in [0.15, 0.2) is 76.5 Å². The predicted octanol–water partition coefficient (Wildman–Crippen LogP) is 2.91. The Labute approximate surface area is 291 Å². The van der Waals surface area contributed by atoms with Crippen molar-refractivity contribution < 1.29 is 50.0 Å². The summed E-state index contributed by atoms with van der Waals surface area (Å²) in [5.74, 6) is 0.255. The minimum atomic E-state index is -5.13. The molecule has 2 fully saturated rings. The molecule has 0 radical (unpaired) electrons. The Kier molecular flexibility index (Phi) is 11.8. The summed E-state index contributed by atoms with van der Waals surface area (Å²) in [5, 5.41) is 18.2. The standard InChI is InChI=1S/C34H43F2N3O9S2/c1-2-46-31-11-10-26(25-8-6-24(19-37)7-9-25)16-32(31)50(44,45)39-14-12-33(13-15-39)18-27(21-48-33)38-20-28(41)22-47-29-4-3-5-30(17-29)49(42,43)34(35,36)23-40/h3-11,16-17,27-28,38,40-41H,2,12-15,18-23,37H2,1H3/t27-,28?/m0/s1. The molecule has 274 valence electrons. The maximum absolute atomic E-state index is 14.0. The van der Waals surface area contributed by atoms with Gasteiger partial charge in [-0.05, 0) is 73.2 Å². The number of nitrogens with two attached hydrogens (primary N) is 1. The van der Waals surface area contributed by atoms with E-state index < -0.39 is 48.3 Å². The average molecular weight is 740 g/mol. The SMILES string of the molecule is CCOc1ccc(-c2ccc(CN)cc2)cc1S(=O)(=O)N1CCC2(CC1)C[C@H](NCC(O)COc1cccc(S(=O)(=O)C(F)(F)CO)c1)CO2. The molecule has 3 aromatic rings. The van der Waals surface area contributed by atoms with Crippen LogP contribution < -0.4 is 20.5 Å². The average Bonchev–Trinajstić information content (AvgIpc) is 3.52. The second-order valence-electron chi connectivity index (χ2n) is 12.4. The van der Waals surface area contributed by atoms with Gasteiger partial charge in [0.1, 0.15) is 35.7 Å². The number of sulfone groups is 1. The Bertz CT molecular complexity index is 1840. The summed E-state index contributed by atoms with van der Waals surface area (Å²) < 4.78 is 98.5. The lowest BCUT2D eigenvalue weighted by molar-refractivity contribution is -0.0312. The molecule has 0 bridgehead atoms. The molecule has 2 aliphatic rings. The first-order chi connectivity index (χ1) is 23.7. The van der Waals surface area contributed by atoms with Crippen molar-refractivity contribution in [1.29, 1.82) is 0 Å². The Balaban J connectivity index is 1.14. The molecular formula is C34H43F2N3O9S2. The molecule has 0 aromatic heterocycles. The largest absolute Gasteiger partial charge is 0.492 e. The molecule has 3 aromatic carbocycles. The molecule has 0 amide bonds. The summed E-state index contributed by atoms with van der Waals surface area (Å²) in [6.07, 6.45) is 0.543. The third kappa shape index (κ3) is 8.29. The molecule has 2 aliphatic heterocycles. The van der Waals surface area contributed by atoms with Crippen molar-refractivity contribution in [3.63, 3.8) is 0 Å². The smallest absolute Gasteiger partial charge is 0.372 e. The normalized spacial score (nSPS) is 19.0. The first-order valence-electron chi connectivity index (χ1n) is 16.3. The van der Waals surface area contributed by atoms with E-state index in [0.29, 0.717) is 44.8 Å². The van der Waals surface area contributed by atoms with Crippen LogP contribution in [0, 0.1) is 0 Å². The van der Waals surface area contributed by atoms with Gasteiger partial charge in [-0.2, -0.15) is 13.1 Å². The summed E-state index contributed by atoms with van der Waals surface area (Å²) in [6.45, 7) is 1.39. The van der Waals surface area contributed by atoms with Gasteiger partial charge in [-0.25, -0.2) is 16.8 Å². The number of hydrogen-bond donors (Lipinski definition) is 4. The van der Waals surface area contributed by atoms with Crippen LogP contribution in [0.4, 0.5) is 8.78 Å². The Morgan fingerprint density at radius 3 is 2.40 bits per heavy atom. The molecule has 12 nitrogen and oxygen atoms in total. The molecule has 0 saturated carbocycles. The van der Waals surface area contributed by atoms with Gasteiger partial charge in [0.15, 0.2) is 0 Å². The number of sulfonamides is 1. The number of alkyl halides is 2. The molecule has 1 spiro atoms. The third-order valence-corrected chi connectivity index (χ3v) is 12.7. The van der Waals surface area contributed by atoms with Crippen LogP contribution in [-0.4, -0.2) is 100 Å². The van der Waals surface area contributed by atoms with E-state index in [-0.39, 0.29) is 42.9 Å². The van der Waals surface area contributed by atoms with E-state index in [1.165, 1.54) is 16.4 Å². The molecular weight excluding hydrogens is 697 g/mol. The summed E-state index contributed by atoms with van der Waals surface area (Å²) in [4.78, 5) is -0.610. The van der Waals surface area contributed by atoms with E-state index in [1.807, 2.05) is 30.3 Å². The fraction of sp³-hybridized carbons (Fsp3) is 0.471. The second kappa shape index (κ2) is 15.6. The van der Waals surface area contributed by atoms with E-state index in [0.717, 1.165) is 28.8 Å². The molecule has 5 N–H and O–H groups in total. The Hall–Kier alpha value is -3.22. The van der Waals surface area contributed by atoms with E-state index in [2.05, 4.69) is 5.32 Å². The minimum Gasteiger partial charge on any atom is -0.492 e. The number of hydrogen-bond acceptors (Lipinski definition) is 11. The van der Waals surface area contributed by atoms with E-state index in [4.69, 9.17) is 25.1 Å². The lowest BCUT2D eigenvalue weighted by Crippen LogP contribution is -2.47. The highest BCUT2D eigenvalue weighted by Crippen LogP contribution is 2.39. The molecule has 2 atom stereocenters. The van der Waals surface area contributed by atoms with Gasteiger partial charge in [-0.3, -0.25) is 0 Å². The number of piperidine rings is 1. The second-order valence-corrected chi connectivity index (χ2v) is 16.4. The van der Waals surface area contributed by atoms with Crippen LogP contribution in [-0.2, 0) is 31.1 Å². The van der Waals surface area contributed by atoms with Crippen molar-refractivity contribution in [3.8, 4) is 22.6 Å². The predicted molar refractivity (Wildman–Crippen MR) is 181 cm³/mol. The highest BCUT2D eigenvalue weighted by molar-refractivity contribution is 7.92. The van der Waals surface area contributed by atoms with Gasteiger partial charge in [0, 0.05) is 32.2 Å². The number of rotatable bonds is 15. The number of aliphatic hydroxyl groups excluding tert-OH is 2. The molecule has 50 heavy (non-hydrogen) atoms. The third-order valence-electron chi connectivity index (χ3n) is 9.00. The van der Waals surface area contributed by atoms with Gasteiger partial charge in [0.25, 0.3) is 0 Å². The highest BCUT2D eigenvalue weighted by atomic mass is 32.2. The minimum absolute atomic E-state index is 0.0370. The maximum Gasteiger partial charge on any atom is 0.372 e. The van der Waals surface area contributed by atoms with E-state index >= 15 is 0 Å². The fourth-order valence-corrected chi connectivity index (χ4v) is 8.78. The molecule has 5 rings (SSSR count). The van der Waals surface area contributed by atoms with Crippen LogP contribution in [0.25, 0.3) is 11.1 Å². The maximum atomic E-state index is 14.0.